The molecule has 0 nitrogen and oxygen atoms in total. The monoisotopic (exact) mass is 798 g/mol. The van der Waals surface area contributed by atoms with Gasteiger partial charge in [-0.2, -0.15) is 12.1 Å². The van der Waals surface area contributed by atoms with Gasteiger partial charge in [-0.1, -0.05) is 159 Å². The molecule has 2 radical (unpaired) electrons. The molecule has 0 aliphatic rings. The van der Waals surface area contributed by atoms with E-state index in [9.17, 15) is 0 Å². The van der Waals surface area contributed by atoms with Crippen molar-refractivity contribution < 1.29 is 20.8 Å². The molecule has 0 bridgehead atoms. The van der Waals surface area contributed by atoms with Gasteiger partial charge in [0.1, 0.15) is 0 Å². The Kier molecular flexibility index (Phi) is 14.5. The van der Waals surface area contributed by atoms with E-state index in [-0.39, 0.29) is 0 Å². The van der Waals surface area contributed by atoms with E-state index in [0.29, 0.717) is 0 Å². The third-order valence-electron chi connectivity index (χ3n) is 9.21. The molecule has 4 heteroatoms. The van der Waals surface area contributed by atoms with Gasteiger partial charge in [0, 0.05) is 9.52 Å². The summed E-state index contributed by atoms with van der Waals surface area (Å²) in [5.74, 6) is 0. The zero-order valence-corrected chi connectivity index (χ0v) is 35.5. The van der Waals surface area contributed by atoms with E-state index in [1.165, 1.54) is 109 Å². The molecule has 8 aromatic carbocycles. The van der Waals surface area contributed by atoms with Crippen LogP contribution in [0.3, 0.4) is 0 Å². The number of hydrogen-bond donors (Lipinski definition) is 0. The van der Waals surface area contributed by atoms with Crippen molar-refractivity contribution in [1.82, 2.24) is 0 Å². The van der Waals surface area contributed by atoms with Gasteiger partial charge < -0.3 is 0 Å². The van der Waals surface area contributed by atoms with Crippen molar-refractivity contribution in [2.75, 3.05) is 0 Å². The summed E-state index contributed by atoms with van der Waals surface area (Å²) >= 11 is -0.826. The van der Waals surface area contributed by atoms with Gasteiger partial charge >= 0.3 is 37.9 Å². The maximum absolute atomic E-state index is 4.93. The molecule has 0 saturated carbocycles. The molecule has 0 N–H and O–H groups in total. The Morgan fingerprint density at radius 1 is 0.510 bits per heavy atom. The maximum atomic E-state index is 4.93. The first kappa shape index (κ1) is 39.0. The van der Waals surface area contributed by atoms with Crippen molar-refractivity contribution in [2.45, 2.75) is 60.1 Å². The van der Waals surface area contributed by atoms with Crippen molar-refractivity contribution in [3.05, 3.63) is 156 Å². The van der Waals surface area contributed by atoms with Gasteiger partial charge in [0.25, 0.3) is 0 Å². The van der Waals surface area contributed by atoms with E-state index in [0.717, 1.165) is 6.42 Å². The summed E-state index contributed by atoms with van der Waals surface area (Å²) in [6, 6.07) is 51.6. The molecular formula is C47H46Cl2SiZr. The Hall–Kier alpha value is -3.26. The van der Waals surface area contributed by atoms with Crippen LogP contribution in [0.25, 0.3) is 65.3 Å². The predicted molar refractivity (Wildman–Crippen MR) is 227 cm³/mol. The van der Waals surface area contributed by atoms with Crippen molar-refractivity contribution in [1.29, 1.82) is 0 Å². The Morgan fingerprint density at radius 3 is 1.43 bits per heavy atom. The number of fused-ring (bicyclic) bond motifs is 4. The van der Waals surface area contributed by atoms with E-state index in [2.05, 4.69) is 175 Å². The van der Waals surface area contributed by atoms with Crippen molar-refractivity contribution in [3.8, 4) is 22.3 Å². The van der Waals surface area contributed by atoms with Crippen LogP contribution in [-0.4, -0.2) is 9.52 Å². The van der Waals surface area contributed by atoms with Gasteiger partial charge in [-0.25, -0.2) is 0 Å². The minimum atomic E-state index is -0.826. The van der Waals surface area contributed by atoms with Crippen LogP contribution in [-0.2, 0) is 27.3 Å². The second-order valence-electron chi connectivity index (χ2n) is 13.0. The quantitative estimate of drug-likeness (QED) is 0.120. The van der Waals surface area contributed by atoms with Gasteiger partial charge in [0.05, 0.1) is 0 Å². The molecule has 0 spiro atoms. The Bertz CT molecular complexity index is 2330. The zero-order valence-electron chi connectivity index (χ0n) is 30.6. The molecule has 8 aromatic rings. The molecule has 0 aliphatic carbocycles. The second kappa shape index (κ2) is 19.0. The van der Waals surface area contributed by atoms with Crippen LogP contribution < -0.4 is 0 Å². The van der Waals surface area contributed by atoms with Crippen LogP contribution in [0.15, 0.2) is 133 Å². The third kappa shape index (κ3) is 9.60. The molecule has 8 rings (SSSR count). The molecular weight excluding hydrogens is 755 g/mol. The average Bonchev–Trinajstić information content (AvgIpc) is 3.74. The summed E-state index contributed by atoms with van der Waals surface area (Å²) in [4.78, 5) is 0. The SMILES string of the molecule is CC[Si]CC.CCc1cc2c(-c3cccc4ccccc34)cc(C)cc2[cH-]1.Cc1cc(-c2cccc3ccccc23)c2cc(C)[cH-]c2c1.[Cl][Zr+2][Cl]. The van der Waals surface area contributed by atoms with Gasteiger partial charge in [-0.15, -0.1) is 56.9 Å². The number of rotatable bonds is 5. The summed E-state index contributed by atoms with van der Waals surface area (Å²) in [6.07, 6.45) is 1.09. The van der Waals surface area contributed by atoms with E-state index in [4.69, 9.17) is 17.0 Å². The average molecular weight is 801 g/mol. The number of hydrogen-bond acceptors (Lipinski definition) is 0. The van der Waals surface area contributed by atoms with Crippen molar-refractivity contribution in [3.63, 3.8) is 0 Å². The molecule has 0 unspecified atom stereocenters. The first-order valence-electron chi connectivity index (χ1n) is 17.8. The van der Waals surface area contributed by atoms with Gasteiger partial charge in [0.15, 0.2) is 0 Å². The molecule has 0 aliphatic heterocycles. The first-order valence-corrected chi connectivity index (χ1v) is 25.6. The second-order valence-corrected chi connectivity index (χ2v) is 18.6. The Morgan fingerprint density at radius 2 is 0.961 bits per heavy atom. The van der Waals surface area contributed by atoms with Crippen LogP contribution >= 0.6 is 17.0 Å². The molecule has 0 amide bonds. The van der Waals surface area contributed by atoms with E-state index in [1.54, 1.807) is 0 Å². The summed E-state index contributed by atoms with van der Waals surface area (Å²) < 4.78 is 0. The fraction of sp³-hybridized carbons (Fsp3) is 0.191. The molecule has 256 valence electrons. The van der Waals surface area contributed by atoms with Gasteiger partial charge in [0.2, 0.25) is 0 Å². The summed E-state index contributed by atoms with van der Waals surface area (Å²) in [5, 5.41) is 10.7. The van der Waals surface area contributed by atoms with E-state index < -0.39 is 20.8 Å². The number of benzene rings is 6. The number of aryl methyl sites for hydroxylation is 4. The summed E-state index contributed by atoms with van der Waals surface area (Å²) in [6.45, 7) is 13.2. The summed E-state index contributed by atoms with van der Waals surface area (Å²) in [7, 11) is 11.1. The first-order chi connectivity index (χ1) is 24.8. The predicted octanol–water partition coefficient (Wildman–Crippen LogP) is 15.2. The third-order valence-corrected chi connectivity index (χ3v) is 10.2. The zero-order chi connectivity index (χ0) is 36.3. The van der Waals surface area contributed by atoms with Crippen LogP contribution in [0.5, 0.6) is 0 Å². The van der Waals surface area contributed by atoms with Gasteiger partial charge in [-0.3, -0.25) is 0 Å². The molecule has 0 atom stereocenters. The van der Waals surface area contributed by atoms with Gasteiger partial charge in [-0.05, 0) is 52.9 Å². The topological polar surface area (TPSA) is 0 Å². The van der Waals surface area contributed by atoms with Crippen LogP contribution in [0, 0.1) is 20.8 Å². The van der Waals surface area contributed by atoms with Crippen molar-refractivity contribution in [2.24, 2.45) is 0 Å². The molecule has 0 aromatic heterocycles. The fourth-order valence-corrected chi connectivity index (χ4v) is 7.47. The van der Waals surface area contributed by atoms with Crippen LogP contribution in [0.1, 0.15) is 43.0 Å². The Labute approximate surface area is 326 Å². The van der Waals surface area contributed by atoms with E-state index >= 15 is 0 Å². The van der Waals surface area contributed by atoms with Crippen molar-refractivity contribution >= 4 is 69.6 Å². The Balaban J connectivity index is 0.000000164. The minimum absolute atomic E-state index is 0.826. The normalized spacial score (nSPS) is 10.6. The molecule has 0 saturated heterocycles. The van der Waals surface area contributed by atoms with Crippen LogP contribution in [0.4, 0.5) is 0 Å². The number of halogens is 2. The standard InChI is InChI=1S/C22H19.C21H17.C4H10Si.2ClH.Zr/c1-3-16-13-18-11-15(2)12-22(21(18)14-16)20-10-6-8-17-7-4-5-9-19(17)20;1-14-10-17-11-15(2)13-21(20(17)12-14)19-9-5-7-16-6-3-4-8-18(16)19;1-3-5-4-2;;;/h4-14H,3H2,1-2H3;3-13H,1-2H3;3-4H2,1-2H3;2*1H;/q2*-1;;;;+4/p-2. The van der Waals surface area contributed by atoms with E-state index in [1.807, 2.05) is 0 Å². The molecule has 0 heterocycles. The van der Waals surface area contributed by atoms with Crippen LogP contribution in [0.2, 0.25) is 12.1 Å². The molecule has 51 heavy (non-hydrogen) atoms. The summed E-state index contributed by atoms with van der Waals surface area (Å²) in [5.41, 5.74) is 10.7. The fourth-order valence-electron chi connectivity index (χ4n) is 6.97. The molecule has 0 fully saturated rings.